The monoisotopic (exact) mass is 334 g/mol. The lowest BCUT2D eigenvalue weighted by atomic mass is 10.2. The van der Waals surface area contributed by atoms with Crippen LogP contribution in [0.15, 0.2) is 46.9 Å². The third kappa shape index (κ3) is 3.05. The van der Waals surface area contributed by atoms with Gasteiger partial charge in [-0.1, -0.05) is 28.1 Å². The molecule has 4 nitrogen and oxygen atoms in total. The third-order valence-corrected chi connectivity index (χ3v) is 3.12. The molecule has 0 fully saturated rings. The van der Waals surface area contributed by atoms with Crippen molar-refractivity contribution in [1.82, 2.24) is 0 Å². The number of para-hydroxylation sites is 1. The zero-order chi connectivity index (χ0) is 14.5. The molecule has 0 aliphatic rings. The summed E-state index contributed by atoms with van der Waals surface area (Å²) in [6.45, 7) is 0. The number of methoxy groups -OCH3 is 1. The van der Waals surface area contributed by atoms with Crippen molar-refractivity contribution in [1.29, 1.82) is 0 Å². The Morgan fingerprint density at radius 1 is 1.15 bits per heavy atom. The summed E-state index contributed by atoms with van der Waals surface area (Å²) >= 11 is 3.25. The van der Waals surface area contributed by atoms with Gasteiger partial charge in [-0.15, -0.1) is 0 Å². The first kappa shape index (κ1) is 14.3. The fraction of sp³-hybridized carbons (Fsp3) is 0.0667. The van der Waals surface area contributed by atoms with E-state index in [-0.39, 0.29) is 5.75 Å². The molecule has 2 rings (SSSR count). The number of hydrogen-bond donors (Lipinski definition) is 0. The molecule has 0 spiro atoms. The average molecular weight is 335 g/mol. The van der Waals surface area contributed by atoms with E-state index in [0.717, 1.165) is 4.47 Å². The largest absolute Gasteiger partial charge is 0.496 e. The lowest BCUT2D eigenvalue weighted by Crippen LogP contribution is -2.11. The van der Waals surface area contributed by atoms with Crippen LogP contribution in [0.25, 0.3) is 0 Å². The molecule has 0 saturated heterocycles. The van der Waals surface area contributed by atoms with Crippen molar-refractivity contribution in [3.63, 3.8) is 0 Å². The predicted octanol–water partition coefficient (Wildman–Crippen LogP) is 3.49. The minimum Gasteiger partial charge on any atom is -0.496 e. The highest BCUT2D eigenvalue weighted by molar-refractivity contribution is 9.10. The number of carbonyl (C=O) groups is 2. The Hall–Kier alpha value is -2.14. The summed E-state index contributed by atoms with van der Waals surface area (Å²) in [6, 6.07) is 11.6. The van der Waals surface area contributed by atoms with Crippen molar-refractivity contribution >= 4 is 28.2 Å². The maximum Gasteiger partial charge on any atom is 0.347 e. The van der Waals surface area contributed by atoms with Crippen LogP contribution in [-0.4, -0.2) is 19.4 Å². The molecule has 0 N–H and O–H groups in total. The number of hydrogen-bond acceptors (Lipinski definition) is 4. The van der Waals surface area contributed by atoms with Crippen LogP contribution in [0, 0.1) is 0 Å². The van der Waals surface area contributed by atoms with Gasteiger partial charge < -0.3 is 9.47 Å². The van der Waals surface area contributed by atoms with Gasteiger partial charge in [-0.3, -0.25) is 4.79 Å². The molecule has 102 valence electrons. The molecule has 0 heterocycles. The molecule has 20 heavy (non-hydrogen) atoms. The number of aldehydes is 1. The summed E-state index contributed by atoms with van der Waals surface area (Å²) in [5.74, 6) is 0.0502. The molecule has 0 aliphatic carbocycles. The van der Waals surface area contributed by atoms with Crippen molar-refractivity contribution in [2.45, 2.75) is 0 Å². The van der Waals surface area contributed by atoms with E-state index in [1.54, 1.807) is 42.5 Å². The lowest BCUT2D eigenvalue weighted by molar-refractivity contribution is 0.0730. The van der Waals surface area contributed by atoms with Gasteiger partial charge in [-0.25, -0.2) is 4.79 Å². The van der Waals surface area contributed by atoms with Crippen LogP contribution >= 0.6 is 15.9 Å². The van der Waals surface area contributed by atoms with E-state index >= 15 is 0 Å². The Morgan fingerprint density at radius 3 is 2.60 bits per heavy atom. The third-order valence-electron chi connectivity index (χ3n) is 2.63. The zero-order valence-electron chi connectivity index (χ0n) is 10.6. The van der Waals surface area contributed by atoms with Crippen LogP contribution < -0.4 is 9.47 Å². The maximum atomic E-state index is 12.1. The summed E-state index contributed by atoms with van der Waals surface area (Å²) in [5.41, 5.74) is 0.595. The van der Waals surface area contributed by atoms with Crippen molar-refractivity contribution in [3.05, 3.63) is 58.1 Å². The van der Waals surface area contributed by atoms with E-state index in [9.17, 15) is 9.59 Å². The van der Waals surface area contributed by atoms with Gasteiger partial charge in [0, 0.05) is 4.47 Å². The highest BCUT2D eigenvalue weighted by Gasteiger charge is 2.15. The lowest BCUT2D eigenvalue weighted by Gasteiger charge is -2.09. The van der Waals surface area contributed by atoms with E-state index in [4.69, 9.17) is 9.47 Å². The molecule has 0 aliphatic heterocycles. The highest BCUT2D eigenvalue weighted by atomic mass is 79.9. The highest BCUT2D eigenvalue weighted by Crippen LogP contribution is 2.24. The van der Waals surface area contributed by atoms with Gasteiger partial charge in [-0.2, -0.15) is 0 Å². The Kier molecular flexibility index (Phi) is 4.53. The minimum atomic E-state index is -0.576. The predicted molar refractivity (Wildman–Crippen MR) is 77.5 cm³/mol. The normalized spacial score (nSPS) is 9.90. The number of benzene rings is 2. The second kappa shape index (κ2) is 6.34. The average Bonchev–Trinajstić information content (AvgIpc) is 2.48. The van der Waals surface area contributed by atoms with E-state index < -0.39 is 5.97 Å². The fourth-order valence-corrected chi connectivity index (χ4v) is 2.05. The van der Waals surface area contributed by atoms with Crippen LogP contribution in [0.2, 0.25) is 0 Å². The van der Waals surface area contributed by atoms with E-state index in [2.05, 4.69) is 15.9 Å². The molecule has 0 aromatic heterocycles. The summed E-state index contributed by atoms with van der Waals surface area (Å²) in [6.07, 6.45) is 0.635. The second-order valence-electron chi connectivity index (χ2n) is 3.89. The summed E-state index contributed by atoms with van der Waals surface area (Å²) in [4.78, 5) is 23.1. The number of rotatable bonds is 4. The molecule has 0 bridgehead atoms. The molecular formula is C15H11BrO4. The Bertz CT molecular complexity index is 652. The molecule has 0 atom stereocenters. The van der Waals surface area contributed by atoms with Crippen LogP contribution in [-0.2, 0) is 0 Å². The topological polar surface area (TPSA) is 52.6 Å². The standard InChI is InChI=1S/C15H11BrO4/c1-19-14-5-3-2-4-12(14)15(18)20-13-7-6-11(16)8-10(13)9-17/h2-9H,1H3. The van der Waals surface area contributed by atoms with Gasteiger partial charge in [0.15, 0.2) is 6.29 Å². The van der Waals surface area contributed by atoms with Gasteiger partial charge >= 0.3 is 5.97 Å². The maximum absolute atomic E-state index is 12.1. The van der Waals surface area contributed by atoms with Gasteiger partial charge in [0.25, 0.3) is 0 Å². The molecule has 2 aromatic carbocycles. The van der Waals surface area contributed by atoms with Crippen molar-refractivity contribution in [2.24, 2.45) is 0 Å². The first-order valence-electron chi connectivity index (χ1n) is 5.75. The Labute approximate surface area is 124 Å². The Morgan fingerprint density at radius 2 is 1.90 bits per heavy atom. The van der Waals surface area contributed by atoms with Crippen LogP contribution in [0.1, 0.15) is 20.7 Å². The quantitative estimate of drug-likeness (QED) is 0.488. The number of ether oxygens (including phenoxy) is 2. The number of esters is 1. The van der Waals surface area contributed by atoms with E-state index in [1.807, 2.05) is 0 Å². The SMILES string of the molecule is COc1ccccc1C(=O)Oc1ccc(Br)cc1C=O. The molecule has 0 saturated carbocycles. The minimum absolute atomic E-state index is 0.208. The smallest absolute Gasteiger partial charge is 0.347 e. The first-order chi connectivity index (χ1) is 9.65. The second-order valence-corrected chi connectivity index (χ2v) is 4.81. The molecule has 5 heteroatoms. The van der Waals surface area contributed by atoms with E-state index in [0.29, 0.717) is 23.2 Å². The summed E-state index contributed by atoms with van der Waals surface area (Å²) in [7, 11) is 1.47. The number of halogens is 1. The molecule has 0 radical (unpaired) electrons. The Balaban J connectivity index is 2.30. The van der Waals surface area contributed by atoms with Gasteiger partial charge in [0.2, 0.25) is 0 Å². The van der Waals surface area contributed by atoms with Gasteiger partial charge in [0.1, 0.15) is 17.1 Å². The summed E-state index contributed by atoms with van der Waals surface area (Å²) in [5, 5.41) is 0. The van der Waals surface area contributed by atoms with Crippen molar-refractivity contribution in [2.75, 3.05) is 7.11 Å². The molecule has 2 aromatic rings. The fourth-order valence-electron chi connectivity index (χ4n) is 1.67. The van der Waals surface area contributed by atoms with Crippen molar-refractivity contribution < 1.29 is 19.1 Å². The van der Waals surface area contributed by atoms with Gasteiger partial charge in [-0.05, 0) is 30.3 Å². The van der Waals surface area contributed by atoms with Crippen LogP contribution in [0.5, 0.6) is 11.5 Å². The number of carbonyl (C=O) groups excluding carboxylic acids is 2. The molecule has 0 unspecified atom stereocenters. The van der Waals surface area contributed by atoms with Crippen LogP contribution in [0.4, 0.5) is 0 Å². The first-order valence-corrected chi connectivity index (χ1v) is 6.55. The molecule has 0 amide bonds. The molecular weight excluding hydrogens is 324 g/mol. The van der Waals surface area contributed by atoms with Crippen molar-refractivity contribution in [3.8, 4) is 11.5 Å². The summed E-state index contributed by atoms with van der Waals surface area (Å²) < 4.78 is 11.1. The van der Waals surface area contributed by atoms with Gasteiger partial charge in [0.05, 0.1) is 12.7 Å². The van der Waals surface area contributed by atoms with Crippen LogP contribution in [0.3, 0.4) is 0 Å². The zero-order valence-corrected chi connectivity index (χ0v) is 12.2. The van der Waals surface area contributed by atoms with E-state index in [1.165, 1.54) is 7.11 Å².